The van der Waals surface area contributed by atoms with Crippen molar-refractivity contribution in [3.63, 3.8) is 0 Å². The molecule has 1 aromatic rings. The van der Waals surface area contributed by atoms with Crippen molar-refractivity contribution in [1.82, 2.24) is 10.0 Å². The van der Waals surface area contributed by atoms with Gasteiger partial charge in [-0.2, -0.15) is 0 Å². The van der Waals surface area contributed by atoms with Crippen LogP contribution in [0.15, 0.2) is 23.1 Å². The van der Waals surface area contributed by atoms with E-state index in [1.54, 1.807) is 0 Å². The second kappa shape index (κ2) is 5.96. The molecule has 0 radical (unpaired) electrons. The lowest BCUT2D eigenvalue weighted by Gasteiger charge is -2.24. The SMILES string of the molecule is CCC(C)(C)NC(=O)c1ccc(F)c(S(=O)(=O)NC2CC2)c1. The fourth-order valence-corrected chi connectivity index (χ4v) is 3.21. The molecule has 5 nitrogen and oxygen atoms in total. The van der Waals surface area contributed by atoms with Gasteiger partial charge in [0.1, 0.15) is 10.7 Å². The number of carbonyl (C=O) groups is 1. The Hall–Kier alpha value is -1.47. The summed E-state index contributed by atoms with van der Waals surface area (Å²) in [5, 5.41) is 2.80. The molecule has 2 N–H and O–H groups in total. The van der Waals surface area contributed by atoms with E-state index in [0.29, 0.717) is 6.42 Å². The maximum atomic E-state index is 13.9. The van der Waals surface area contributed by atoms with Gasteiger partial charge < -0.3 is 5.32 Å². The first kappa shape index (κ1) is 16.9. The number of rotatable bonds is 6. The fourth-order valence-electron chi connectivity index (χ4n) is 1.80. The van der Waals surface area contributed by atoms with Crippen LogP contribution in [0.2, 0.25) is 0 Å². The van der Waals surface area contributed by atoms with Crippen LogP contribution in [0.3, 0.4) is 0 Å². The molecule has 1 amide bonds. The van der Waals surface area contributed by atoms with Gasteiger partial charge in [0, 0.05) is 17.1 Å². The number of benzene rings is 1. The second-order valence-corrected chi connectivity index (χ2v) is 7.91. The molecule has 0 heterocycles. The molecular weight excluding hydrogens is 307 g/mol. The summed E-state index contributed by atoms with van der Waals surface area (Å²) < 4.78 is 40.5. The van der Waals surface area contributed by atoms with Crippen molar-refractivity contribution in [3.8, 4) is 0 Å². The summed E-state index contributed by atoms with van der Waals surface area (Å²) in [7, 11) is -3.94. The van der Waals surface area contributed by atoms with Crippen LogP contribution in [-0.2, 0) is 10.0 Å². The lowest BCUT2D eigenvalue weighted by Crippen LogP contribution is -2.42. The molecule has 1 aromatic carbocycles. The predicted molar refractivity (Wildman–Crippen MR) is 81.6 cm³/mol. The summed E-state index contributed by atoms with van der Waals surface area (Å²) in [6, 6.07) is 3.25. The predicted octanol–water partition coefficient (Wildman–Crippen LogP) is 2.18. The molecule has 2 rings (SSSR count). The van der Waals surface area contributed by atoms with E-state index in [2.05, 4.69) is 10.0 Å². The van der Waals surface area contributed by atoms with Crippen LogP contribution >= 0.6 is 0 Å². The topological polar surface area (TPSA) is 75.3 Å². The minimum atomic E-state index is -3.94. The highest BCUT2D eigenvalue weighted by Crippen LogP contribution is 2.24. The van der Waals surface area contributed by atoms with Gasteiger partial charge in [0.2, 0.25) is 10.0 Å². The third kappa shape index (κ3) is 4.04. The number of carbonyl (C=O) groups excluding carboxylic acids is 1. The number of sulfonamides is 1. The minimum Gasteiger partial charge on any atom is -0.347 e. The van der Waals surface area contributed by atoms with Crippen LogP contribution < -0.4 is 10.0 Å². The Kier molecular flexibility index (Phi) is 4.58. The van der Waals surface area contributed by atoms with Gasteiger partial charge in [-0.1, -0.05) is 6.92 Å². The molecule has 22 heavy (non-hydrogen) atoms. The van der Waals surface area contributed by atoms with E-state index in [9.17, 15) is 17.6 Å². The van der Waals surface area contributed by atoms with Gasteiger partial charge in [-0.3, -0.25) is 4.79 Å². The van der Waals surface area contributed by atoms with Gasteiger partial charge in [0.15, 0.2) is 0 Å². The molecule has 0 unspecified atom stereocenters. The number of nitrogens with one attached hydrogen (secondary N) is 2. The molecule has 0 saturated heterocycles. The van der Waals surface area contributed by atoms with Gasteiger partial charge in [0.25, 0.3) is 5.91 Å². The highest BCUT2D eigenvalue weighted by Gasteiger charge is 2.30. The van der Waals surface area contributed by atoms with Gasteiger partial charge in [-0.15, -0.1) is 0 Å². The zero-order chi connectivity index (χ0) is 16.5. The summed E-state index contributed by atoms with van der Waals surface area (Å²) in [5.74, 6) is -1.28. The van der Waals surface area contributed by atoms with Gasteiger partial charge >= 0.3 is 0 Å². The van der Waals surface area contributed by atoms with E-state index in [-0.39, 0.29) is 11.6 Å². The molecule has 1 fully saturated rings. The Morgan fingerprint density at radius 3 is 2.55 bits per heavy atom. The molecule has 1 aliphatic carbocycles. The van der Waals surface area contributed by atoms with E-state index >= 15 is 0 Å². The van der Waals surface area contributed by atoms with Crippen molar-refractivity contribution in [2.24, 2.45) is 0 Å². The first-order valence-corrected chi connectivity index (χ1v) is 8.77. The summed E-state index contributed by atoms with van der Waals surface area (Å²) in [5.41, 5.74) is -0.296. The van der Waals surface area contributed by atoms with E-state index in [4.69, 9.17) is 0 Å². The van der Waals surface area contributed by atoms with Crippen molar-refractivity contribution >= 4 is 15.9 Å². The summed E-state index contributed by atoms with van der Waals surface area (Å²) in [4.78, 5) is 11.7. The lowest BCUT2D eigenvalue weighted by molar-refractivity contribution is 0.0911. The van der Waals surface area contributed by atoms with Gasteiger partial charge in [-0.05, 0) is 51.3 Å². The zero-order valence-corrected chi connectivity index (χ0v) is 13.8. The Labute approximate surface area is 130 Å². The maximum absolute atomic E-state index is 13.9. The maximum Gasteiger partial charge on any atom is 0.251 e. The minimum absolute atomic E-state index is 0.124. The van der Waals surface area contributed by atoms with Crippen molar-refractivity contribution in [2.75, 3.05) is 0 Å². The molecule has 0 aromatic heterocycles. The van der Waals surface area contributed by atoms with Crippen LogP contribution in [0.25, 0.3) is 0 Å². The van der Waals surface area contributed by atoms with Crippen LogP contribution in [-0.4, -0.2) is 25.9 Å². The number of hydrogen-bond acceptors (Lipinski definition) is 3. The van der Waals surface area contributed by atoms with Crippen molar-refractivity contribution in [1.29, 1.82) is 0 Å². The first-order chi connectivity index (χ1) is 10.1. The highest BCUT2D eigenvalue weighted by molar-refractivity contribution is 7.89. The average molecular weight is 328 g/mol. The normalized spacial score (nSPS) is 15.6. The monoisotopic (exact) mass is 328 g/mol. The molecule has 122 valence electrons. The van der Waals surface area contributed by atoms with E-state index < -0.39 is 32.2 Å². The largest absolute Gasteiger partial charge is 0.347 e. The van der Waals surface area contributed by atoms with Crippen molar-refractivity contribution < 1.29 is 17.6 Å². The highest BCUT2D eigenvalue weighted by atomic mass is 32.2. The molecule has 0 aliphatic heterocycles. The zero-order valence-electron chi connectivity index (χ0n) is 12.9. The van der Waals surface area contributed by atoms with E-state index in [1.807, 2.05) is 20.8 Å². The second-order valence-electron chi connectivity index (χ2n) is 6.23. The third-order valence-electron chi connectivity index (χ3n) is 3.72. The molecule has 0 bridgehead atoms. The Morgan fingerprint density at radius 2 is 2.00 bits per heavy atom. The van der Waals surface area contributed by atoms with Gasteiger partial charge in [-0.25, -0.2) is 17.5 Å². The Balaban J connectivity index is 2.28. The van der Waals surface area contributed by atoms with E-state index in [0.717, 1.165) is 25.0 Å². The Morgan fingerprint density at radius 1 is 1.36 bits per heavy atom. The number of halogens is 1. The van der Waals surface area contributed by atoms with Gasteiger partial charge in [0.05, 0.1) is 0 Å². The van der Waals surface area contributed by atoms with Crippen LogP contribution in [0, 0.1) is 5.82 Å². The van der Waals surface area contributed by atoms with Crippen molar-refractivity contribution in [2.45, 2.75) is 56.5 Å². The van der Waals surface area contributed by atoms with Crippen molar-refractivity contribution in [3.05, 3.63) is 29.6 Å². The Bertz CT molecular complexity index is 682. The summed E-state index contributed by atoms with van der Waals surface area (Å²) >= 11 is 0. The number of amides is 1. The molecule has 1 saturated carbocycles. The molecule has 0 atom stereocenters. The molecule has 0 spiro atoms. The average Bonchev–Trinajstić information content (AvgIpc) is 3.21. The van der Waals surface area contributed by atoms with Crippen LogP contribution in [0.1, 0.15) is 50.4 Å². The van der Waals surface area contributed by atoms with Crippen LogP contribution in [0.5, 0.6) is 0 Å². The summed E-state index contributed by atoms with van der Waals surface area (Å²) in [6.45, 7) is 5.65. The number of hydrogen-bond donors (Lipinski definition) is 2. The fraction of sp³-hybridized carbons (Fsp3) is 0.533. The molecular formula is C15H21FN2O3S. The molecule has 1 aliphatic rings. The first-order valence-electron chi connectivity index (χ1n) is 7.29. The standard InChI is InChI=1S/C15H21FN2O3S/c1-4-15(2,3)17-14(19)10-5-8-12(16)13(9-10)22(20,21)18-11-6-7-11/h5,8-9,11,18H,4,6-7H2,1-3H3,(H,17,19). The third-order valence-corrected chi connectivity index (χ3v) is 5.25. The van der Waals surface area contributed by atoms with Crippen LogP contribution in [0.4, 0.5) is 4.39 Å². The smallest absolute Gasteiger partial charge is 0.251 e. The lowest BCUT2D eigenvalue weighted by atomic mass is 10.0. The quantitative estimate of drug-likeness (QED) is 0.840. The molecule has 7 heteroatoms. The van der Waals surface area contributed by atoms with E-state index in [1.165, 1.54) is 6.07 Å². The summed E-state index contributed by atoms with van der Waals surface area (Å²) in [6.07, 6.45) is 2.23.